The summed E-state index contributed by atoms with van der Waals surface area (Å²) in [5.74, 6) is -2.69. The highest BCUT2D eigenvalue weighted by Crippen LogP contribution is 2.20. The summed E-state index contributed by atoms with van der Waals surface area (Å²) in [6.45, 7) is 3.22. The number of benzene rings is 1. The van der Waals surface area contributed by atoms with Gasteiger partial charge < -0.3 is 31.2 Å². The van der Waals surface area contributed by atoms with E-state index < -0.39 is 58.4 Å². The summed E-state index contributed by atoms with van der Waals surface area (Å²) in [6.07, 6.45) is 2.08. The second-order valence-electron chi connectivity index (χ2n) is 9.22. The van der Waals surface area contributed by atoms with Crippen molar-refractivity contribution in [3.63, 3.8) is 0 Å². The molecule has 210 valence electrons. The molecule has 14 nitrogen and oxygen atoms in total. The Hall–Kier alpha value is -3.56. The van der Waals surface area contributed by atoms with Crippen LogP contribution in [-0.4, -0.2) is 79.5 Å². The summed E-state index contributed by atoms with van der Waals surface area (Å²) in [7, 11) is -3.82. The van der Waals surface area contributed by atoms with Gasteiger partial charge in [-0.25, -0.2) is 13.6 Å². The number of hydrogen-bond acceptors (Lipinski definition) is 9. The first-order chi connectivity index (χ1) is 17.8. The topological polar surface area (TPSA) is 224 Å². The van der Waals surface area contributed by atoms with Crippen LogP contribution in [0.2, 0.25) is 0 Å². The van der Waals surface area contributed by atoms with Gasteiger partial charge in [0.2, 0.25) is 27.7 Å². The monoisotopic (exact) mass is 554 g/mol. The maximum Gasteiger partial charge on any atom is 0.266 e. The first kappa shape index (κ1) is 30.7. The molecule has 7 N–H and O–H groups in total. The predicted molar refractivity (Wildman–Crippen MR) is 135 cm³/mol. The van der Waals surface area contributed by atoms with Crippen molar-refractivity contribution < 1.29 is 37.5 Å². The molecule has 3 atom stereocenters. The number of carbonyl (C=O) groups excluding carboxylic acids is 4. The van der Waals surface area contributed by atoms with Crippen molar-refractivity contribution in [2.45, 2.75) is 62.7 Å². The molecule has 15 heteroatoms. The standard InChI is InChI=1S/C23H34N6O8S/c1-14(2)10-17(23(34)29-9-3-4-19(29)21(24)32)28-22(33)18(12-30)27-20(31)11-26-37-13-15-5-7-16(8-6-15)38(25,35)36/h5-8,11,14,17-19,30H,3-4,9-10,12-13H2,1-2H3,(H2,24,32)(H,27,31)(H,28,33)(H2,25,35,36)/b26-11+/t17-,18-,19-/m0/s1. The second-order valence-corrected chi connectivity index (χ2v) is 10.8. The Bertz CT molecular complexity index is 1140. The van der Waals surface area contributed by atoms with Crippen LogP contribution in [0.4, 0.5) is 0 Å². The molecular weight excluding hydrogens is 520 g/mol. The number of nitrogens with zero attached hydrogens (tertiary/aromatic N) is 2. The van der Waals surface area contributed by atoms with Gasteiger partial charge in [-0.15, -0.1) is 0 Å². The minimum atomic E-state index is -3.82. The van der Waals surface area contributed by atoms with Gasteiger partial charge in [0.1, 0.15) is 30.9 Å². The van der Waals surface area contributed by atoms with Crippen molar-refractivity contribution >= 4 is 39.9 Å². The van der Waals surface area contributed by atoms with Crippen LogP contribution in [0, 0.1) is 5.92 Å². The fourth-order valence-electron chi connectivity index (χ4n) is 3.87. The van der Waals surface area contributed by atoms with E-state index in [1.165, 1.54) is 29.2 Å². The Labute approximate surface area is 220 Å². The first-order valence-corrected chi connectivity index (χ1v) is 13.5. The Morgan fingerprint density at radius 1 is 1.18 bits per heavy atom. The number of aliphatic hydroxyl groups excluding tert-OH is 1. The summed E-state index contributed by atoms with van der Waals surface area (Å²) in [5.41, 5.74) is 5.96. The van der Waals surface area contributed by atoms with Gasteiger partial charge in [-0.3, -0.25) is 19.2 Å². The zero-order chi connectivity index (χ0) is 28.5. The smallest absolute Gasteiger partial charge is 0.266 e. The third kappa shape index (κ3) is 9.08. The molecule has 1 saturated heterocycles. The molecule has 1 fully saturated rings. The fraction of sp³-hybridized carbons (Fsp3) is 0.522. The van der Waals surface area contributed by atoms with Crippen LogP contribution in [0.1, 0.15) is 38.7 Å². The lowest BCUT2D eigenvalue weighted by atomic mass is 10.0. The van der Waals surface area contributed by atoms with Crippen LogP contribution in [0.3, 0.4) is 0 Å². The van der Waals surface area contributed by atoms with E-state index in [0.29, 0.717) is 24.9 Å². The number of amides is 4. The van der Waals surface area contributed by atoms with Crippen molar-refractivity contribution in [1.29, 1.82) is 0 Å². The van der Waals surface area contributed by atoms with Crippen molar-refractivity contribution in [3.8, 4) is 0 Å². The molecule has 1 aliphatic rings. The molecule has 0 aromatic heterocycles. The summed E-state index contributed by atoms with van der Waals surface area (Å²) < 4.78 is 22.5. The molecule has 0 saturated carbocycles. The third-order valence-corrected chi connectivity index (χ3v) is 6.66. The molecule has 1 aromatic carbocycles. The lowest BCUT2D eigenvalue weighted by Crippen LogP contribution is -2.57. The molecule has 0 spiro atoms. The zero-order valence-corrected chi connectivity index (χ0v) is 22.0. The Morgan fingerprint density at radius 3 is 2.39 bits per heavy atom. The number of likely N-dealkylation sites (tertiary alicyclic amines) is 1. The second kappa shape index (κ2) is 13.8. The van der Waals surface area contributed by atoms with Crippen LogP contribution in [-0.2, 0) is 40.6 Å². The van der Waals surface area contributed by atoms with Crippen LogP contribution in [0.25, 0.3) is 0 Å². The predicted octanol–water partition coefficient (Wildman–Crippen LogP) is -1.68. The summed E-state index contributed by atoms with van der Waals surface area (Å²) in [4.78, 5) is 56.0. The van der Waals surface area contributed by atoms with Crippen LogP contribution in [0.15, 0.2) is 34.3 Å². The first-order valence-electron chi connectivity index (χ1n) is 11.9. The van der Waals surface area contributed by atoms with Crippen LogP contribution < -0.4 is 21.5 Å². The minimum Gasteiger partial charge on any atom is -0.394 e. The number of primary sulfonamides is 1. The molecular formula is C23H34N6O8S. The van der Waals surface area contributed by atoms with Gasteiger partial charge in [-0.05, 0) is 42.9 Å². The highest BCUT2D eigenvalue weighted by atomic mass is 32.2. The molecule has 2 rings (SSSR count). The average molecular weight is 555 g/mol. The van der Waals surface area contributed by atoms with E-state index in [2.05, 4.69) is 15.8 Å². The number of carbonyl (C=O) groups is 4. The summed E-state index contributed by atoms with van der Waals surface area (Å²) in [5, 5.41) is 23.0. The normalized spacial score (nSPS) is 17.3. The van der Waals surface area contributed by atoms with Gasteiger partial charge in [0, 0.05) is 6.54 Å². The minimum absolute atomic E-state index is 0.0150. The van der Waals surface area contributed by atoms with E-state index in [1.807, 2.05) is 13.8 Å². The molecule has 0 bridgehead atoms. The van der Waals surface area contributed by atoms with Crippen molar-refractivity contribution in [2.24, 2.45) is 21.9 Å². The van der Waals surface area contributed by atoms with E-state index >= 15 is 0 Å². The molecule has 0 aliphatic carbocycles. The number of hydrogen-bond donors (Lipinski definition) is 5. The molecule has 1 heterocycles. The van der Waals surface area contributed by atoms with Crippen molar-refractivity contribution in [3.05, 3.63) is 29.8 Å². The van der Waals surface area contributed by atoms with Gasteiger partial charge in [-0.2, -0.15) is 0 Å². The van der Waals surface area contributed by atoms with Crippen LogP contribution in [0.5, 0.6) is 0 Å². The number of nitrogens with two attached hydrogens (primary N) is 2. The zero-order valence-electron chi connectivity index (χ0n) is 21.2. The molecule has 38 heavy (non-hydrogen) atoms. The van der Waals surface area contributed by atoms with E-state index in [-0.39, 0.29) is 23.8 Å². The molecule has 0 unspecified atom stereocenters. The average Bonchev–Trinajstić information content (AvgIpc) is 3.34. The number of nitrogens with one attached hydrogen (secondary N) is 2. The lowest BCUT2D eigenvalue weighted by molar-refractivity contribution is -0.141. The highest BCUT2D eigenvalue weighted by Gasteiger charge is 2.37. The maximum atomic E-state index is 13.1. The van der Waals surface area contributed by atoms with Gasteiger partial charge in [0.15, 0.2) is 0 Å². The third-order valence-electron chi connectivity index (χ3n) is 5.73. The Balaban J connectivity index is 1.93. The fourth-order valence-corrected chi connectivity index (χ4v) is 4.38. The Kier molecular flexibility index (Phi) is 11.2. The summed E-state index contributed by atoms with van der Waals surface area (Å²) >= 11 is 0. The van der Waals surface area contributed by atoms with Crippen molar-refractivity contribution in [1.82, 2.24) is 15.5 Å². The molecule has 4 amide bonds. The number of primary amides is 1. The molecule has 0 radical (unpaired) electrons. The largest absolute Gasteiger partial charge is 0.394 e. The van der Waals surface area contributed by atoms with E-state index in [9.17, 15) is 32.7 Å². The SMILES string of the molecule is CC(C)C[C@H](NC(=O)[C@H](CO)NC(=O)/C=N/OCc1ccc(S(N)(=O)=O)cc1)C(=O)N1CCC[C@H]1C(N)=O. The van der Waals surface area contributed by atoms with E-state index in [4.69, 9.17) is 15.7 Å². The van der Waals surface area contributed by atoms with Gasteiger partial charge in [-0.1, -0.05) is 31.1 Å². The quantitative estimate of drug-likeness (QED) is 0.139. The number of sulfonamides is 1. The number of rotatable bonds is 13. The number of oxime groups is 1. The summed E-state index contributed by atoms with van der Waals surface area (Å²) in [6, 6.07) is 2.41. The van der Waals surface area contributed by atoms with Crippen molar-refractivity contribution in [2.75, 3.05) is 13.2 Å². The van der Waals surface area contributed by atoms with Gasteiger partial charge in [0.25, 0.3) is 5.91 Å². The van der Waals surface area contributed by atoms with Crippen LogP contribution >= 0.6 is 0 Å². The Morgan fingerprint density at radius 2 is 1.84 bits per heavy atom. The number of aliphatic hydroxyl groups is 1. The maximum absolute atomic E-state index is 13.1. The van der Waals surface area contributed by atoms with Gasteiger partial charge >= 0.3 is 0 Å². The van der Waals surface area contributed by atoms with Gasteiger partial charge in [0.05, 0.1) is 11.5 Å². The molecule has 1 aliphatic heterocycles. The highest BCUT2D eigenvalue weighted by molar-refractivity contribution is 7.89. The van der Waals surface area contributed by atoms with E-state index in [1.54, 1.807) is 0 Å². The molecule has 1 aromatic rings. The lowest BCUT2D eigenvalue weighted by Gasteiger charge is -2.29. The van der Waals surface area contributed by atoms with E-state index in [0.717, 1.165) is 6.21 Å².